The first-order chi connectivity index (χ1) is 11.3. The van der Waals surface area contributed by atoms with Crippen LogP contribution in [0.25, 0.3) is 0 Å². The van der Waals surface area contributed by atoms with Crippen LogP contribution in [-0.4, -0.2) is 66.1 Å². The van der Waals surface area contributed by atoms with Crippen molar-refractivity contribution < 1.29 is 28.9 Å². The minimum Gasteiger partial charge on any atom is -0.494 e. The van der Waals surface area contributed by atoms with E-state index < -0.39 is 30.0 Å². The van der Waals surface area contributed by atoms with Gasteiger partial charge in [-0.25, -0.2) is 4.39 Å². The SMILES string of the molecule is COc1ccc(C(=O)N(CC(C)C)[C@@H]2COC[C@@H](O)[C@H]2O)cc1F. The minimum atomic E-state index is -1.11. The highest BCUT2D eigenvalue weighted by Gasteiger charge is 2.38. The number of halogens is 1. The van der Waals surface area contributed by atoms with Crippen LogP contribution in [0.4, 0.5) is 4.39 Å². The first-order valence-corrected chi connectivity index (χ1v) is 7.93. The van der Waals surface area contributed by atoms with Crippen molar-refractivity contribution in [2.45, 2.75) is 32.1 Å². The summed E-state index contributed by atoms with van der Waals surface area (Å²) in [5.41, 5.74) is 0.154. The van der Waals surface area contributed by atoms with Gasteiger partial charge in [-0.1, -0.05) is 13.8 Å². The summed E-state index contributed by atoms with van der Waals surface area (Å²) >= 11 is 0. The van der Waals surface area contributed by atoms with E-state index in [2.05, 4.69) is 0 Å². The quantitative estimate of drug-likeness (QED) is 0.837. The lowest BCUT2D eigenvalue weighted by Crippen LogP contribution is -2.58. The molecule has 0 unspecified atom stereocenters. The van der Waals surface area contributed by atoms with Crippen molar-refractivity contribution in [3.8, 4) is 5.75 Å². The van der Waals surface area contributed by atoms with Crippen LogP contribution in [0.1, 0.15) is 24.2 Å². The Labute approximate surface area is 140 Å². The predicted octanol–water partition coefficient (Wildman–Crippen LogP) is 1.05. The molecule has 1 fully saturated rings. The van der Waals surface area contributed by atoms with Crippen LogP contribution in [0.5, 0.6) is 5.75 Å². The molecule has 0 radical (unpaired) electrons. The van der Waals surface area contributed by atoms with Gasteiger partial charge in [0, 0.05) is 12.1 Å². The van der Waals surface area contributed by atoms with Crippen LogP contribution in [0.2, 0.25) is 0 Å². The topological polar surface area (TPSA) is 79.2 Å². The van der Waals surface area contributed by atoms with E-state index in [-0.39, 0.29) is 30.4 Å². The van der Waals surface area contributed by atoms with Gasteiger partial charge in [-0.3, -0.25) is 4.79 Å². The van der Waals surface area contributed by atoms with Gasteiger partial charge in [-0.2, -0.15) is 0 Å². The number of methoxy groups -OCH3 is 1. The van der Waals surface area contributed by atoms with E-state index in [0.717, 1.165) is 6.07 Å². The van der Waals surface area contributed by atoms with Crippen LogP contribution >= 0.6 is 0 Å². The van der Waals surface area contributed by atoms with Crippen molar-refractivity contribution in [3.63, 3.8) is 0 Å². The highest BCUT2D eigenvalue weighted by Crippen LogP contribution is 2.22. The summed E-state index contributed by atoms with van der Waals surface area (Å²) < 4.78 is 24.0. The van der Waals surface area contributed by atoms with Crippen LogP contribution in [0, 0.1) is 11.7 Å². The summed E-state index contributed by atoms with van der Waals surface area (Å²) in [6, 6.07) is 3.29. The van der Waals surface area contributed by atoms with E-state index in [1.807, 2.05) is 13.8 Å². The predicted molar refractivity (Wildman–Crippen MR) is 85.4 cm³/mol. The number of hydrogen-bond acceptors (Lipinski definition) is 5. The van der Waals surface area contributed by atoms with Crippen molar-refractivity contribution >= 4 is 5.91 Å². The molecule has 1 aromatic rings. The Bertz CT molecular complexity index is 580. The zero-order chi connectivity index (χ0) is 17.9. The third-order valence-corrected chi connectivity index (χ3v) is 3.99. The number of amides is 1. The number of ether oxygens (including phenoxy) is 2. The monoisotopic (exact) mass is 341 g/mol. The zero-order valence-corrected chi connectivity index (χ0v) is 14.1. The Morgan fingerprint density at radius 1 is 1.42 bits per heavy atom. The summed E-state index contributed by atoms with van der Waals surface area (Å²) in [4.78, 5) is 14.3. The lowest BCUT2D eigenvalue weighted by atomic mass is 9.99. The van der Waals surface area contributed by atoms with Gasteiger partial charge >= 0.3 is 0 Å². The van der Waals surface area contributed by atoms with Crippen LogP contribution in [0.15, 0.2) is 18.2 Å². The Hall–Kier alpha value is -1.70. The van der Waals surface area contributed by atoms with Crippen molar-refractivity contribution in [1.82, 2.24) is 4.90 Å². The molecule has 0 bridgehead atoms. The number of rotatable bonds is 5. The molecule has 1 amide bonds. The number of aliphatic hydroxyl groups is 2. The van der Waals surface area contributed by atoms with Crippen molar-refractivity contribution in [2.24, 2.45) is 5.92 Å². The molecule has 1 saturated heterocycles. The van der Waals surface area contributed by atoms with E-state index in [9.17, 15) is 19.4 Å². The standard InChI is InChI=1S/C17H24FNO5/c1-10(2)7-19(13-8-24-9-14(20)16(13)21)17(22)11-4-5-15(23-3)12(18)6-11/h4-6,10,13-14,16,20-21H,7-9H2,1-3H3/t13-,14-,16+/m1/s1. The number of hydrogen-bond donors (Lipinski definition) is 2. The molecule has 0 aliphatic carbocycles. The van der Waals surface area contributed by atoms with Crippen molar-refractivity contribution in [2.75, 3.05) is 26.9 Å². The lowest BCUT2D eigenvalue weighted by Gasteiger charge is -2.40. The fourth-order valence-corrected chi connectivity index (χ4v) is 2.77. The molecular weight excluding hydrogens is 317 g/mol. The Kier molecular flexibility index (Phi) is 6.15. The molecule has 2 N–H and O–H groups in total. The van der Waals surface area contributed by atoms with Gasteiger partial charge < -0.3 is 24.6 Å². The van der Waals surface area contributed by atoms with Crippen LogP contribution in [0.3, 0.4) is 0 Å². The first-order valence-electron chi connectivity index (χ1n) is 7.93. The summed E-state index contributed by atoms with van der Waals surface area (Å²) in [6.45, 7) is 4.36. The van der Waals surface area contributed by atoms with E-state index in [1.54, 1.807) is 0 Å². The number of nitrogens with zero attached hydrogens (tertiary/aromatic N) is 1. The summed E-state index contributed by atoms with van der Waals surface area (Å²) in [5.74, 6) is -0.873. The number of benzene rings is 1. The molecule has 134 valence electrons. The number of aliphatic hydroxyl groups excluding tert-OH is 2. The molecule has 2 rings (SSSR count). The summed E-state index contributed by atoms with van der Waals surface area (Å²) in [5, 5.41) is 20.0. The molecule has 3 atom stereocenters. The Morgan fingerprint density at radius 2 is 2.12 bits per heavy atom. The molecule has 24 heavy (non-hydrogen) atoms. The van der Waals surface area contributed by atoms with Gasteiger partial charge in [0.2, 0.25) is 0 Å². The summed E-state index contributed by atoms with van der Waals surface area (Å²) in [6.07, 6.45) is -2.16. The fourth-order valence-electron chi connectivity index (χ4n) is 2.77. The fraction of sp³-hybridized carbons (Fsp3) is 0.588. The smallest absolute Gasteiger partial charge is 0.254 e. The highest BCUT2D eigenvalue weighted by atomic mass is 19.1. The molecule has 1 heterocycles. The first kappa shape index (κ1) is 18.6. The van der Waals surface area contributed by atoms with Crippen LogP contribution in [-0.2, 0) is 4.74 Å². The second-order valence-electron chi connectivity index (χ2n) is 6.36. The Morgan fingerprint density at radius 3 is 2.71 bits per heavy atom. The zero-order valence-electron chi connectivity index (χ0n) is 14.1. The van der Waals surface area contributed by atoms with Gasteiger partial charge in [-0.15, -0.1) is 0 Å². The lowest BCUT2D eigenvalue weighted by molar-refractivity contribution is -0.126. The van der Waals surface area contributed by atoms with Gasteiger partial charge in [0.25, 0.3) is 5.91 Å². The summed E-state index contributed by atoms with van der Waals surface area (Å²) in [7, 11) is 1.35. The molecule has 0 aromatic heterocycles. The maximum atomic E-state index is 13.9. The van der Waals surface area contributed by atoms with Gasteiger partial charge in [-0.05, 0) is 24.1 Å². The van der Waals surface area contributed by atoms with E-state index >= 15 is 0 Å². The van der Waals surface area contributed by atoms with E-state index in [1.165, 1.54) is 24.1 Å². The molecule has 1 aromatic carbocycles. The van der Waals surface area contributed by atoms with Crippen molar-refractivity contribution in [3.05, 3.63) is 29.6 Å². The average Bonchev–Trinajstić information content (AvgIpc) is 2.54. The van der Waals surface area contributed by atoms with E-state index in [0.29, 0.717) is 6.54 Å². The molecule has 6 nitrogen and oxygen atoms in total. The maximum absolute atomic E-state index is 13.9. The number of carbonyl (C=O) groups is 1. The molecule has 1 aliphatic rings. The molecule has 7 heteroatoms. The van der Waals surface area contributed by atoms with E-state index in [4.69, 9.17) is 9.47 Å². The van der Waals surface area contributed by atoms with Crippen molar-refractivity contribution in [1.29, 1.82) is 0 Å². The molecule has 0 spiro atoms. The molecule has 1 aliphatic heterocycles. The minimum absolute atomic E-state index is 0.0263. The molecule has 0 saturated carbocycles. The second kappa shape index (κ2) is 7.92. The average molecular weight is 341 g/mol. The Balaban J connectivity index is 2.29. The second-order valence-corrected chi connectivity index (χ2v) is 6.36. The largest absolute Gasteiger partial charge is 0.494 e. The van der Waals surface area contributed by atoms with Crippen LogP contribution < -0.4 is 4.74 Å². The van der Waals surface area contributed by atoms with Gasteiger partial charge in [0.05, 0.1) is 26.4 Å². The maximum Gasteiger partial charge on any atom is 0.254 e. The van der Waals surface area contributed by atoms with Gasteiger partial charge in [0.1, 0.15) is 12.2 Å². The van der Waals surface area contributed by atoms with Gasteiger partial charge in [0.15, 0.2) is 11.6 Å². The number of carbonyl (C=O) groups excluding carboxylic acids is 1. The third-order valence-electron chi connectivity index (χ3n) is 3.99. The highest BCUT2D eigenvalue weighted by molar-refractivity contribution is 5.94. The third kappa shape index (κ3) is 4.03. The molecular formula is C17H24FNO5. The normalized spacial score (nSPS) is 24.0.